The van der Waals surface area contributed by atoms with Gasteiger partial charge in [0, 0.05) is 7.47 Å². The Bertz CT molecular complexity index is 535. The van der Waals surface area contributed by atoms with Crippen LogP contribution in [-0.2, 0) is 0 Å². The minimum Gasteiger partial charge on any atom is -0.508 e. The average molecular weight is 334 g/mol. The lowest BCUT2D eigenvalue weighted by molar-refractivity contribution is 0.0801. The largest absolute Gasteiger partial charge is 0.508 e. The Morgan fingerprint density at radius 3 is 2.50 bits per heavy atom. The minimum atomic E-state index is 0. The SMILES string of the molecule is CCCC(CC)c1ccc(O)cc1.ONC1CC2CC3CC3(C2)C1.[HH]. The van der Waals surface area contributed by atoms with Gasteiger partial charge in [-0.15, -0.1) is 0 Å². The lowest BCUT2D eigenvalue weighted by Gasteiger charge is -2.29. The van der Waals surface area contributed by atoms with Crippen LogP contribution in [0.25, 0.3) is 0 Å². The summed E-state index contributed by atoms with van der Waals surface area (Å²) in [4.78, 5) is 0. The predicted octanol–water partition coefficient (Wildman–Crippen LogP) is 5.48. The van der Waals surface area contributed by atoms with E-state index in [4.69, 9.17) is 10.3 Å². The molecule has 5 atom stereocenters. The van der Waals surface area contributed by atoms with Crippen LogP contribution in [0.1, 0.15) is 78.1 Å². The maximum Gasteiger partial charge on any atom is 0.115 e. The van der Waals surface area contributed by atoms with E-state index in [-0.39, 0.29) is 1.43 Å². The molecule has 0 radical (unpaired) electrons. The van der Waals surface area contributed by atoms with E-state index in [1.165, 1.54) is 56.9 Å². The standard InChI is InChI=1S/C12H18O.C9H15NO.H2/c1-3-5-10(4-2)11-6-8-12(13)9-7-11;11-10-8-2-6-1-7-4-9(7,3-6)5-8;/h6-10,13H,3-5H2,1-2H3;6-8,10-11H,1-5H2;1H. The second kappa shape index (κ2) is 7.45. The van der Waals surface area contributed by atoms with Crippen molar-refractivity contribution >= 4 is 0 Å². The topological polar surface area (TPSA) is 52.5 Å². The summed E-state index contributed by atoms with van der Waals surface area (Å²) in [5.41, 5.74) is 4.52. The van der Waals surface area contributed by atoms with Gasteiger partial charge in [-0.2, -0.15) is 0 Å². The summed E-state index contributed by atoms with van der Waals surface area (Å²) in [7, 11) is 0. The molecular weight excluding hydrogens is 298 g/mol. The van der Waals surface area contributed by atoms with E-state index in [9.17, 15) is 0 Å². The number of hydroxylamine groups is 1. The number of hydrogen-bond acceptors (Lipinski definition) is 3. The van der Waals surface area contributed by atoms with E-state index in [0.717, 1.165) is 11.8 Å². The van der Waals surface area contributed by atoms with Crippen LogP contribution in [0, 0.1) is 17.3 Å². The maximum atomic E-state index is 9.14. The van der Waals surface area contributed by atoms with Crippen molar-refractivity contribution in [3.8, 4) is 5.75 Å². The molecule has 1 aromatic rings. The van der Waals surface area contributed by atoms with Crippen LogP contribution in [0.15, 0.2) is 24.3 Å². The van der Waals surface area contributed by atoms with Crippen molar-refractivity contribution in [3.05, 3.63) is 29.8 Å². The maximum absolute atomic E-state index is 9.14. The van der Waals surface area contributed by atoms with Crippen LogP contribution in [0.4, 0.5) is 0 Å². The Hall–Kier alpha value is -1.06. The summed E-state index contributed by atoms with van der Waals surface area (Å²) in [5.74, 6) is 3.00. The van der Waals surface area contributed by atoms with Gasteiger partial charge in [-0.05, 0) is 85.8 Å². The molecule has 3 nitrogen and oxygen atoms in total. The Kier molecular flexibility index (Phi) is 5.51. The molecule has 3 N–H and O–H groups in total. The zero-order chi connectivity index (χ0) is 17.2. The second-order valence-corrected chi connectivity index (χ2v) is 8.32. The summed E-state index contributed by atoms with van der Waals surface area (Å²) in [6.07, 6.45) is 10.5. The van der Waals surface area contributed by atoms with Gasteiger partial charge in [0.2, 0.25) is 0 Å². The van der Waals surface area contributed by atoms with Gasteiger partial charge < -0.3 is 10.3 Å². The Balaban J connectivity index is 0.000000174. The highest BCUT2D eigenvalue weighted by Crippen LogP contribution is 2.70. The molecule has 3 fully saturated rings. The van der Waals surface area contributed by atoms with Crippen molar-refractivity contribution in [2.24, 2.45) is 17.3 Å². The summed E-state index contributed by atoms with van der Waals surface area (Å²) >= 11 is 0. The van der Waals surface area contributed by atoms with Gasteiger partial charge in [0.05, 0.1) is 0 Å². The van der Waals surface area contributed by atoms with E-state index >= 15 is 0 Å². The first kappa shape index (κ1) is 17.8. The van der Waals surface area contributed by atoms with Gasteiger partial charge in [0.1, 0.15) is 5.75 Å². The third-order valence-corrected chi connectivity index (χ3v) is 6.62. The number of hydrogen-bond donors (Lipinski definition) is 3. The molecule has 136 valence electrons. The minimum absolute atomic E-state index is 0. The molecule has 0 saturated heterocycles. The first-order valence-electron chi connectivity index (χ1n) is 9.78. The molecule has 3 saturated carbocycles. The molecule has 3 aliphatic carbocycles. The summed E-state index contributed by atoms with van der Waals surface area (Å²) in [6, 6.07) is 8.01. The fourth-order valence-corrected chi connectivity index (χ4v) is 5.36. The number of aromatic hydroxyl groups is 1. The predicted molar refractivity (Wildman–Crippen MR) is 99.4 cm³/mol. The smallest absolute Gasteiger partial charge is 0.115 e. The number of fused-ring (bicyclic) bond motifs is 1. The van der Waals surface area contributed by atoms with E-state index in [0.29, 0.717) is 23.1 Å². The summed E-state index contributed by atoms with van der Waals surface area (Å²) in [5, 5.41) is 18.0. The van der Waals surface area contributed by atoms with Crippen LogP contribution >= 0.6 is 0 Å². The van der Waals surface area contributed by atoms with Crippen LogP contribution < -0.4 is 5.48 Å². The molecule has 3 heteroatoms. The van der Waals surface area contributed by atoms with Crippen molar-refractivity contribution in [2.45, 2.75) is 77.2 Å². The molecule has 0 amide bonds. The molecule has 24 heavy (non-hydrogen) atoms. The normalized spacial score (nSPS) is 34.0. The number of phenols is 1. The molecule has 0 aromatic heterocycles. The number of benzene rings is 1. The van der Waals surface area contributed by atoms with Crippen molar-refractivity contribution in [1.82, 2.24) is 5.48 Å². The quantitative estimate of drug-likeness (QED) is 0.626. The van der Waals surface area contributed by atoms with Gasteiger partial charge in [0.25, 0.3) is 0 Å². The summed E-state index contributed by atoms with van der Waals surface area (Å²) in [6.45, 7) is 4.43. The molecular formula is C21H35NO2. The third kappa shape index (κ3) is 3.78. The molecule has 1 spiro atoms. The number of nitrogens with one attached hydrogen (secondary N) is 1. The monoisotopic (exact) mass is 333 g/mol. The van der Waals surface area contributed by atoms with E-state index in [1.807, 2.05) is 12.1 Å². The number of phenolic OH excluding ortho intramolecular Hbond substituents is 1. The first-order chi connectivity index (χ1) is 11.6. The second-order valence-electron chi connectivity index (χ2n) is 8.32. The fourth-order valence-electron chi connectivity index (χ4n) is 5.36. The Morgan fingerprint density at radius 2 is 1.92 bits per heavy atom. The van der Waals surface area contributed by atoms with Gasteiger partial charge in [-0.3, -0.25) is 0 Å². The van der Waals surface area contributed by atoms with Crippen molar-refractivity contribution in [1.29, 1.82) is 0 Å². The molecule has 0 aliphatic heterocycles. The van der Waals surface area contributed by atoms with Crippen LogP contribution in [0.5, 0.6) is 5.75 Å². The van der Waals surface area contributed by atoms with Crippen molar-refractivity contribution < 1.29 is 11.7 Å². The van der Waals surface area contributed by atoms with E-state index < -0.39 is 0 Å². The lowest BCUT2D eigenvalue weighted by Crippen LogP contribution is -2.34. The van der Waals surface area contributed by atoms with Crippen LogP contribution in [0.2, 0.25) is 0 Å². The fraction of sp³-hybridized carbons (Fsp3) is 0.714. The van der Waals surface area contributed by atoms with Gasteiger partial charge >= 0.3 is 0 Å². The third-order valence-electron chi connectivity index (χ3n) is 6.62. The molecule has 4 rings (SSSR count). The highest BCUT2D eigenvalue weighted by Gasteiger charge is 2.62. The van der Waals surface area contributed by atoms with Crippen LogP contribution in [-0.4, -0.2) is 16.4 Å². The molecule has 3 aliphatic rings. The lowest BCUT2D eigenvalue weighted by atomic mass is 9.81. The van der Waals surface area contributed by atoms with Gasteiger partial charge in [-0.1, -0.05) is 32.4 Å². The van der Waals surface area contributed by atoms with Gasteiger partial charge in [0.15, 0.2) is 0 Å². The highest BCUT2D eigenvalue weighted by atomic mass is 16.5. The summed E-state index contributed by atoms with van der Waals surface area (Å²) < 4.78 is 0. The first-order valence-corrected chi connectivity index (χ1v) is 9.78. The highest BCUT2D eigenvalue weighted by molar-refractivity contribution is 5.28. The Labute approximate surface area is 147 Å². The van der Waals surface area contributed by atoms with Crippen LogP contribution in [0.3, 0.4) is 0 Å². The van der Waals surface area contributed by atoms with Crippen molar-refractivity contribution in [3.63, 3.8) is 0 Å². The zero-order valence-corrected chi connectivity index (χ0v) is 15.2. The van der Waals surface area contributed by atoms with E-state index in [1.54, 1.807) is 12.1 Å². The molecule has 1 aromatic carbocycles. The molecule has 2 bridgehead atoms. The molecule has 5 unspecified atom stereocenters. The van der Waals surface area contributed by atoms with E-state index in [2.05, 4.69) is 19.3 Å². The van der Waals surface area contributed by atoms with Gasteiger partial charge in [-0.25, -0.2) is 5.48 Å². The number of rotatable bonds is 5. The molecule has 0 heterocycles. The van der Waals surface area contributed by atoms with Crippen molar-refractivity contribution in [2.75, 3.05) is 0 Å². The Morgan fingerprint density at radius 1 is 1.17 bits per heavy atom. The average Bonchev–Trinajstić information content (AvgIpc) is 3.16. The zero-order valence-electron chi connectivity index (χ0n) is 15.2.